The van der Waals surface area contributed by atoms with E-state index in [9.17, 15) is 14.7 Å². The number of hydrogen-bond donors (Lipinski definition) is 1. The zero-order chi connectivity index (χ0) is 22.4. The van der Waals surface area contributed by atoms with Crippen LogP contribution in [0.2, 0.25) is 0 Å². The standard InChI is InChI=1S/C26H32O5/c1-17(2)12-13-30-15-19(25(27)28)14-18(3)26(29)31-16-24-22-10-6-4-8-20(22)21-9-5-7-11-23(21)24/h4-11,17-19,24H,12-16H2,1-3H3,(H,27,28)/t18?,19-/m0/s1. The van der Waals surface area contributed by atoms with Crippen LogP contribution in [0.15, 0.2) is 48.5 Å². The van der Waals surface area contributed by atoms with Gasteiger partial charge in [0.1, 0.15) is 6.61 Å². The minimum absolute atomic E-state index is 0.00168. The number of esters is 1. The van der Waals surface area contributed by atoms with E-state index in [4.69, 9.17) is 9.47 Å². The Morgan fingerprint density at radius 3 is 2.10 bits per heavy atom. The molecule has 1 aliphatic carbocycles. The van der Waals surface area contributed by atoms with Gasteiger partial charge >= 0.3 is 11.9 Å². The summed E-state index contributed by atoms with van der Waals surface area (Å²) in [4.78, 5) is 24.2. The molecule has 5 heteroatoms. The van der Waals surface area contributed by atoms with Crippen molar-refractivity contribution < 1.29 is 24.2 Å². The highest BCUT2D eigenvalue weighted by atomic mass is 16.5. The average molecular weight is 425 g/mol. The van der Waals surface area contributed by atoms with Gasteiger partial charge in [-0.1, -0.05) is 69.3 Å². The minimum Gasteiger partial charge on any atom is -0.481 e. The van der Waals surface area contributed by atoms with E-state index in [1.54, 1.807) is 6.92 Å². The van der Waals surface area contributed by atoms with E-state index >= 15 is 0 Å². The first kappa shape index (κ1) is 23.0. The van der Waals surface area contributed by atoms with Gasteiger partial charge in [0, 0.05) is 12.5 Å². The van der Waals surface area contributed by atoms with Crippen molar-refractivity contribution in [2.75, 3.05) is 19.8 Å². The lowest BCUT2D eigenvalue weighted by atomic mass is 9.96. The van der Waals surface area contributed by atoms with Crippen LogP contribution in [-0.4, -0.2) is 36.9 Å². The van der Waals surface area contributed by atoms with Crippen molar-refractivity contribution >= 4 is 11.9 Å². The molecule has 0 fully saturated rings. The lowest BCUT2D eigenvalue weighted by molar-refractivity contribution is -0.151. The monoisotopic (exact) mass is 424 g/mol. The van der Waals surface area contributed by atoms with E-state index in [1.165, 1.54) is 11.1 Å². The number of hydrogen-bond acceptors (Lipinski definition) is 4. The first-order valence-electron chi connectivity index (χ1n) is 11.0. The van der Waals surface area contributed by atoms with Gasteiger partial charge in [-0.15, -0.1) is 0 Å². The largest absolute Gasteiger partial charge is 0.481 e. The Bertz CT molecular complexity index is 859. The molecule has 0 radical (unpaired) electrons. The van der Waals surface area contributed by atoms with Crippen LogP contribution < -0.4 is 0 Å². The van der Waals surface area contributed by atoms with Gasteiger partial charge < -0.3 is 14.6 Å². The lowest BCUT2D eigenvalue weighted by Crippen LogP contribution is -2.27. The van der Waals surface area contributed by atoms with Crippen LogP contribution in [0.3, 0.4) is 0 Å². The fourth-order valence-electron chi connectivity index (χ4n) is 4.05. The summed E-state index contributed by atoms with van der Waals surface area (Å²) < 4.78 is 11.2. The summed E-state index contributed by atoms with van der Waals surface area (Å²) in [6, 6.07) is 16.4. The number of carboxylic acids is 1. The normalized spacial score (nSPS) is 14.7. The topological polar surface area (TPSA) is 72.8 Å². The number of carbonyl (C=O) groups excluding carboxylic acids is 1. The molecule has 1 aliphatic rings. The Morgan fingerprint density at radius 1 is 0.968 bits per heavy atom. The number of benzene rings is 2. The van der Waals surface area contributed by atoms with Crippen molar-refractivity contribution in [1.29, 1.82) is 0 Å². The summed E-state index contributed by atoms with van der Waals surface area (Å²) in [7, 11) is 0. The average Bonchev–Trinajstić information content (AvgIpc) is 3.07. The number of rotatable bonds is 11. The highest BCUT2D eigenvalue weighted by molar-refractivity contribution is 5.79. The molecule has 1 unspecified atom stereocenters. The van der Waals surface area contributed by atoms with E-state index in [1.807, 2.05) is 24.3 Å². The Kier molecular flexibility index (Phi) is 7.85. The third-order valence-electron chi connectivity index (χ3n) is 5.90. The minimum atomic E-state index is -0.942. The third-order valence-corrected chi connectivity index (χ3v) is 5.90. The van der Waals surface area contributed by atoms with Gasteiger partial charge in [-0.25, -0.2) is 0 Å². The molecular weight excluding hydrogens is 392 g/mol. The van der Waals surface area contributed by atoms with Gasteiger partial charge in [0.15, 0.2) is 0 Å². The molecule has 2 atom stereocenters. The zero-order valence-electron chi connectivity index (χ0n) is 18.5. The van der Waals surface area contributed by atoms with Gasteiger partial charge in [0.2, 0.25) is 0 Å². The number of carbonyl (C=O) groups is 2. The molecule has 2 aromatic rings. The van der Waals surface area contributed by atoms with Gasteiger partial charge in [0.05, 0.1) is 18.4 Å². The van der Waals surface area contributed by atoms with Crippen LogP contribution in [0.4, 0.5) is 0 Å². The molecule has 0 bridgehead atoms. The summed E-state index contributed by atoms with van der Waals surface area (Å²) in [5.74, 6) is -2.04. The van der Waals surface area contributed by atoms with E-state index in [-0.39, 0.29) is 31.5 Å². The van der Waals surface area contributed by atoms with Crippen molar-refractivity contribution in [2.24, 2.45) is 17.8 Å². The van der Waals surface area contributed by atoms with Gasteiger partial charge in [-0.2, -0.15) is 0 Å². The molecule has 0 saturated heterocycles. The molecule has 3 rings (SSSR count). The van der Waals surface area contributed by atoms with Crippen LogP contribution >= 0.6 is 0 Å². The highest BCUT2D eigenvalue weighted by Crippen LogP contribution is 2.44. The quantitative estimate of drug-likeness (QED) is 0.400. The van der Waals surface area contributed by atoms with Crippen molar-refractivity contribution in [2.45, 2.75) is 39.5 Å². The fourth-order valence-corrected chi connectivity index (χ4v) is 4.05. The van der Waals surface area contributed by atoms with Crippen LogP contribution in [-0.2, 0) is 19.1 Å². The maximum Gasteiger partial charge on any atom is 0.308 e. The lowest BCUT2D eigenvalue weighted by Gasteiger charge is -2.19. The molecule has 0 aliphatic heterocycles. The number of aliphatic carboxylic acids is 1. The Labute approximate surface area is 184 Å². The predicted octanol–water partition coefficient (Wildman–Crippen LogP) is 5.13. The van der Waals surface area contributed by atoms with Crippen molar-refractivity contribution in [3.05, 3.63) is 59.7 Å². The molecule has 5 nitrogen and oxygen atoms in total. The van der Waals surface area contributed by atoms with E-state index in [0.717, 1.165) is 17.5 Å². The van der Waals surface area contributed by atoms with Crippen molar-refractivity contribution in [3.8, 4) is 11.1 Å². The first-order chi connectivity index (χ1) is 14.9. The summed E-state index contributed by atoms with van der Waals surface area (Å²) in [5.41, 5.74) is 4.67. The smallest absolute Gasteiger partial charge is 0.308 e. The first-order valence-corrected chi connectivity index (χ1v) is 11.0. The van der Waals surface area contributed by atoms with Gasteiger partial charge in [-0.05, 0) is 41.0 Å². The predicted molar refractivity (Wildman–Crippen MR) is 120 cm³/mol. The fraction of sp³-hybridized carbons (Fsp3) is 0.462. The molecule has 1 N–H and O–H groups in total. The third kappa shape index (κ3) is 5.73. The molecule has 31 heavy (non-hydrogen) atoms. The summed E-state index contributed by atoms with van der Waals surface area (Å²) in [6.07, 6.45) is 1.09. The van der Waals surface area contributed by atoms with Crippen LogP contribution in [0.25, 0.3) is 11.1 Å². The highest BCUT2D eigenvalue weighted by Gasteiger charge is 2.30. The van der Waals surface area contributed by atoms with Crippen LogP contribution in [0, 0.1) is 17.8 Å². The number of fused-ring (bicyclic) bond motifs is 3. The Balaban J connectivity index is 1.57. The molecule has 0 aromatic heterocycles. The second-order valence-electron chi connectivity index (χ2n) is 8.79. The maximum absolute atomic E-state index is 12.6. The molecule has 0 spiro atoms. The number of ether oxygens (including phenoxy) is 2. The van der Waals surface area contributed by atoms with Crippen molar-refractivity contribution in [3.63, 3.8) is 0 Å². The molecule has 0 heterocycles. The molecule has 0 amide bonds. The van der Waals surface area contributed by atoms with E-state index < -0.39 is 17.8 Å². The summed E-state index contributed by atoms with van der Waals surface area (Å²) >= 11 is 0. The summed E-state index contributed by atoms with van der Waals surface area (Å²) in [5, 5.41) is 9.50. The zero-order valence-corrected chi connectivity index (χ0v) is 18.5. The molecule has 166 valence electrons. The molecular formula is C26H32O5. The van der Waals surface area contributed by atoms with Crippen molar-refractivity contribution in [1.82, 2.24) is 0 Å². The number of carboxylic acid groups (broad SMARTS) is 1. The second kappa shape index (κ2) is 10.6. The van der Waals surface area contributed by atoms with Crippen LogP contribution in [0.5, 0.6) is 0 Å². The maximum atomic E-state index is 12.6. The summed E-state index contributed by atoms with van der Waals surface area (Å²) in [6.45, 7) is 6.81. The SMILES string of the molecule is CC(C)CCOC[C@H](CC(C)C(=O)OCC1c2ccccc2-c2ccccc21)C(=O)O. The van der Waals surface area contributed by atoms with E-state index in [2.05, 4.69) is 38.1 Å². The van der Waals surface area contributed by atoms with Gasteiger partial charge in [0.25, 0.3) is 0 Å². The molecule has 2 aromatic carbocycles. The van der Waals surface area contributed by atoms with Crippen LogP contribution in [0.1, 0.15) is 50.7 Å². The van der Waals surface area contributed by atoms with E-state index in [0.29, 0.717) is 12.5 Å². The Morgan fingerprint density at radius 2 is 1.55 bits per heavy atom. The second-order valence-corrected chi connectivity index (χ2v) is 8.79. The van der Waals surface area contributed by atoms with Gasteiger partial charge in [-0.3, -0.25) is 9.59 Å². The molecule has 0 saturated carbocycles. The Hall–Kier alpha value is -2.66.